The predicted molar refractivity (Wildman–Crippen MR) is 102 cm³/mol. The quantitative estimate of drug-likeness (QED) is 0.750. The molecule has 0 aliphatic heterocycles. The second-order valence-electron chi connectivity index (χ2n) is 6.66. The van der Waals surface area contributed by atoms with Crippen LogP contribution in [0.15, 0.2) is 29.2 Å². The van der Waals surface area contributed by atoms with Crippen LogP contribution in [0.2, 0.25) is 0 Å². The van der Waals surface area contributed by atoms with Gasteiger partial charge in [-0.2, -0.15) is 4.31 Å². The molecular formula is C19H30N2O4S. The maximum atomic E-state index is 12.5. The molecule has 1 saturated carbocycles. The molecule has 26 heavy (non-hydrogen) atoms. The van der Waals surface area contributed by atoms with Gasteiger partial charge in [0.15, 0.2) is 6.10 Å². The minimum atomic E-state index is -3.48. The van der Waals surface area contributed by atoms with Crippen LogP contribution in [-0.2, 0) is 14.8 Å². The molecule has 0 bridgehead atoms. The molecular weight excluding hydrogens is 352 g/mol. The smallest absolute Gasteiger partial charge is 0.260 e. The van der Waals surface area contributed by atoms with Crippen LogP contribution in [0.5, 0.6) is 5.75 Å². The number of carbonyl (C=O) groups is 1. The summed E-state index contributed by atoms with van der Waals surface area (Å²) in [6.07, 6.45) is 4.97. The third-order valence-electron chi connectivity index (χ3n) is 4.80. The molecule has 1 atom stereocenters. The number of rotatable bonds is 8. The Kier molecular flexibility index (Phi) is 7.46. The summed E-state index contributed by atoms with van der Waals surface area (Å²) < 4.78 is 32.0. The zero-order valence-electron chi connectivity index (χ0n) is 15.9. The first-order chi connectivity index (χ1) is 12.4. The molecule has 1 aromatic carbocycles. The predicted octanol–water partition coefficient (Wildman–Crippen LogP) is 2.93. The maximum absolute atomic E-state index is 12.5. The van der Waals surface area contributed by atoms with E-state index in [1.54, 1.807) is 19.1 Å². The highest BCUT2D eigenvalue weighted by atomic mass is 32.2. The van der Waals surface area contributed by atoms with E-state index in [4.69, 9.17) is 4.74 Å². The number of nitrogens with zero attached hydrogens (tertiary/aromatic N) is 1. The van der Waals surface area contributed by atoms with Gasteiger partial charge in [0.1, 0.15) is 5.75 Å². The third-order valence-corrected chi connectivity index (χ3v) is 6.86. The summed E-state index contributed by atoms with van der Waals surface area (Å²) in [5.74, 6) is 0.353. The fraction of sp³-hybridized carbons (Fsp3) is 0.632. The number of amides is 1. The molecule has 1 N–H and O–H groups in total. The van der Waals surface area contributed by atoms with Crippen molar-refractivity contribution in [2.45, 2.75) is 69.9 Å². The van der Waals surface area contributed by atoms with Gasteiger partial charge in [-0.25, -0.2) is 8.42 Å². The van der Waals surface area contributed by atoms with Gasteiger partial charge < -0.3 is 10.1 Å². The number of carbonyl (C=O) groups excluding carboxylic acids is 1. The molecule has 0 aromatic heterocycles. The Bertz CT molecular complexity index is 678. The van der Waals surface area contributed by atoms with Gasteiger partial charge in [0.25, 0.3) is 5.91 Å². The number of sulfonamides is 1. The molecule has 1 fully saturated rings. The third kappa shape index (κ3) is 5.20. The number of benzene rings is 1. The van der Waals surface area contributed by atoms with E-state index < -0.39 is 16.1 Å². The van der Waals surface area contributed by atoms with Crippen molar-refractivity contribution < 1.29 is 17.9 Å². The SMILES string of the molecule is CCN(CC)S(=O)(=O)c1ccc(O[C@H](C)C(=O)NC2CCCCC2)cc1. The van der Waals surface area contributed by atoms with E-state index in [1.165, 1.54) is 22.9 Å². The molecule has 1 amide bonds. The summed E-state index contributed by atoms with van der Waals surface area (Å²) in [5.41, 5.74) is 0. The van der Waals surface area contributed by atoms with Crippen LogP contribution < -0.4 is 10.1 Å². The van der Waals surface area contributed by atoms with Gasteiger partial charge in [0.05, 0.1) is 4.90 Å². The highest BCUT2D eigenvalue weighted by Crippen LogP contribution is 2.21. The average molecular weight is 383 g/mol. The van der Waals surface area contributed by atoms with Crippen molar-refractivity contribution in [3.8, 4) is 5.75 Å². The topological polar surface area (TPSA) is 75.7 Å². The monoisotopic (exact) mass is 382 g/mol. The number of hydrogen-bond acceptors (Lipinski definition) is 4. The van der Waals surface area contributed by atoms with Crippen molar-refractivity contribution in [3.05, 3.63) is 24.3 Å². The Balaban J connectivity index is 1.96. The van der Waals surface area contributed by atoms with Gasteiger partial charge in [-0.05, 0) is 44.0 Å². The van der Waals surface area contributed by atoms with Crippen LogP contribution >= 0.6 is 0 Å². The standard InChI is InChI=1S/C19H30N2O4S/c1-4-21(5-2)26(23,24)18-13-11-17(12-14-18)25-15(3)19(22)20-16-9-7-6-8-10-16/h11-16H,4-10H2,1-3H3,(H,20,22)/t15-/m1/s1. The maximum Gasteiger partial charge on any atom is 0.260 e. The molecule has 6 nitrogen and oxygen atoms in total. The fourth-order valence-corrected chi connectivity index (χ4v) is 4.68. The molecule has 7 heteroatoms. The lowest BCUT2D eigenvalue weighted by molar-refractivity contribution is -0.128. The van der Waals surface area contributed by atoms with E-state index in [2.05, 4.69) is 5.32 Å². The van der Waals surface area contributed by atoms with Crippen molar-refractivity contribution in [3.63, 3.8) is 0 Å². The lowest BCUT2D eigenvalue weighted by Gasteiger charge is -2.24. The van der Waals surface area contributed by atoms with Crippen molar-refractivity contribution in [2.75, 3.05) is 13.1 Å². The van der Waals surface area contributed by atoms with E-state index >= 15 is 0 Å². The molecule has 0 radical (unpaired) electrons. The zero-order chi connectivity index (χ0) is 19.2. The molecule has 1 aromatic rings. The average Bonchev–Trinajstić information content (AvgIpc) is 2.63. The highest BCUT2D eigenvalue weighted by molar-refractivity contribution is 7.89. The Morgan fingerprint density at radius 1 is 1.15 bits per heavy atom. The van der Waals surface area contributed by atoms with Crippen LogP contribution in [0.25, 0.3) is 0 Å². The van der Waals surface area contributed by atoms with Crippen LogP contribution in [0.3, 0.4) is 0 Å². The summed E-state index contributed by atoms with van der Waals surface area (Å²) in [7, 11) is -3.48. The summed E-state index contributed by atoms with van der Waals surface area (Å²) in [6.45, 7) is 6.18. The number of nitrogens with one attached hydrogen (secondary N) is 1. The van der Waals surface area contributed by atoms with Crippen molar-refractivity contribution in [1.82, 2.24) is 9.62 Å². The van der Waals surface area contributed by atoms with E-state index in [9.17, 15) is 13.2 Å². The van der Waals surface area contributed by atoms with Crippen LogP contribution in [-0.4, -0.2) is 43.9 Å². The Morgan fingerprint density at radius 2 is 1.73 bits per heavy atom. The second-order valence-corrected chi connectivity index (χ2v) is 8.60. The molecule has 0 heterocycles. The number of ether oxygens (including phenoxy) is 1. The minimum Gasteiger partial charge on any atom is -0.481 e. The fourth-order valence-electron chi connectivity index (χ4n) is 3.23. The van der Waals surface area contributed by atoms with Crippen LogP contribution in [0, 0.1) is 0 Å². The summed E-state index contributed by atoms with van der Waals surface area (Å²) in [4.78, 5) is 12.5. The molecule has 1 aliphatic rings. The van der Waals surface area contributed by atoms with E-state index in [0.717, 1.165) is 25.7 Å². The van der Waals surface area contributed by atoms with Gasteiger partial charge in [-0.1, -0.05) is 33.1 Å². The van der Waals surface area contributed by atoms with E-state index in [-0.39, 0.29) is 16.8 Å². The Morgan fingerprint density at radius 3 is 2.27 bits per heavy atom. The lowest BCUT2D eigenvalue weighted by Crippen LogP contribution is -2.43. The van der Waals surface area contributed by atoms with Gasteiger partial charge >= 0.3 is 0 Å². The first-order valence-electron chi connectivity index (χ1n) is 9.45. The summed E-state index contributed by atoms with van der Waals surface area (Å²) in [6, 6.07) is 6.48. The van der Waals surface area contributed by atoms with Crippen LogP contribution in [0.4, 0.5) is 0 Å². The van der Waals surface area contributed by atoms with Gasteiger partial charge in [-0.3, -0.25) is 4.79 Å². The molecule has 0 saturated heterocycles. The molecule has 1 aliphatic carbocycles. The van der Waals surface area contributed by atoms with Crippen molar-refractivity contribution >= 4 is 15.9 Å². The Hall–Kier alpha value is -1.60. The normalized spacial score (nSPS) is 17.1. The lowest BCUT2D eigenvalue weighted by atomic mass is 9.95. The highest BCUT2D eigenvalue weighted by Gasteiger charge is 2.23. The number of hydrogen-bond donors (Lipinski definition) is 1. The van der Waals surface area contributed by atoms with E-state index in [0.29, 0.717) is 18.8 Å². The molecule has 0 spiro atoms. The minimum absolute atomic E-state index is 0.128. The van der Waals surface area contributed by atoms with Crippen LogP contribution in [0.1, 0.15) is 52.9 Å². The van der Waals surface area contributed by atoms with Gasteiger partial charge in [0.2, 0.25) is 10.0 Å². The van der Waals surface area contributed by atoms with Crippen molar-refractivity contribution in [2.24, 2.45) is 0 Å². The van der Waals surface area contributed by atoms with E-state index in [1.807, 2.05) is 13.8 Å². The second kappa shape index (κ2) is 9.37. The van der Waals surface area contributed by atoms with Gasteiger partial charge in [-0.15, -0.1) is 0 Å². The summed E-state index contributed by atoms with van der Waals surface area (Å²) >= 11 is 0. The van der Waals surface area contributed by atoms with Gasteiger partial charge in [0, 0.05) is 19.1 Å². The molecule has 2 rings (SSSR count). The Labute approximate surface area is 157 Å². The summed E-state index contributed by atoms with van der Waals surface area (Å²) in [5, 5.41) is 3.04. The first kappa shape index (κ1) is 20.7. The first-order valence-corrected chi connectivity index (χ1v) is 10.9. The van der Waals surface area contributed by atoms with Crippen molar-refractivity contribution in [1.29, 1.82) is 0 Å². The molecule has 146 valence electrons. The largest absolute Gasteiger partial charge is 0.481 e. The zero-order valence-corrected chi connectivity index (χ0v) is 16.7. The molecule has 0 unspecified atom stereocenters.